The van der Waals surface area contributed by atoms with E-state index in [-0.39, 0.29) is 17.1 Å². The average Bonchev–Trinajstić information content (AvgIpc) is 2.86. The quantitative estimate of drug-likeness (QED) is 0.373. The lowest BCUT2D eigenvalue weighted by atomic mass is 9.98. The molecule has 2 aromatic carbocycles. The van der Waals surface area contributed by atoms with Gasteiger partial charge in [0.05, 0.1) is 18.2 Å². The highest BCUT2D eigenvalue weighted by Crippen LogP contribution is 2.35. The number of halogens is 2. The molecule has 0 radical (unpaired) electrons. The van der Waals surface area contributed by atoms with E-state index in [0.29, 0.717) is 22.4 Å². The van der Waals surface area contributed by atoms with Gasteiger partial charge in [-0.05, 0) is 35.9 Å². The molecule has 34 heavy (non-hydrogen) atoms. The maximum atomic E-state index is 14.0. The number of rotatable bonds is 5. The zero-order valence-corrected chi connectivity index (χ0v) is 17.8. The summed E-state index contributed by atoms with van der Waals surface area (Å²) >= 11 is 0. The Balaban J connectivity index is 1.63. The molecule has 0 spiro atoms. The number of methoxy groups -OCH3 is 1. The van der Waals surface area contributed by atoms with Crippen LogP contribution in [0.15, 0.2) is 84.3 Å². The Bertz CT molecular complexity index is 1570. The lowest BCUT2D eigenvalue weighted by Gasteiger charge is -2.14. The SMILES string of the molecule is COc1ccc(-c2cncnc2)cc1-c1c(=O)ccn2nc(Oc3ccc(F)cc3F)ccc12. The Labute approximate surface area is 191 Å². The standard InChI is InChI=1S/C25H16F2N4O3/c1-33-22-5-2-15(16-12-28-14-29-13-16)10-18(22)25-20-4-7-24(30-31(20)9-8-21(25)32)34-23-6-3-17(26)11-19(23)27/h2-14H,1H3. The van der Waals surface area contributed by atoms with Crippen LogP contribution in [0.3, 0.4) is 0 Å². The topological polar surface area (TPSA) is 78.6 Å². The minimum absolute atomic E-state index is 0.0646. The number of benzene rings is 2. The van der Waals surface area contributed by atoms with Crippen LogP contribution in [0.5, 0.6) is 17.4 Å². The van der Waals surface area contributed by atoms with E-state index >= 15 is 0 Å². The largest absolute Gasteiger partial charge is 0.496 e. The third kappa shape index (κ3) is 3.95. The van der Waals surface area contributed by atoms with Gasteiger partial charge in [-0.2, -0.15) is 0 Å². The monoisotopic (exact) mass is 458 g/mol. The zero-order chi connectivity index (χ0) is 23.7. The predicted octanol–water partition coefficient (Wildman–Crippen LogP) is 4.90. The fourth-order valence-electron chi connectivity index (χ4n) is 3.61. The summed E-state index contributed by atoms with van der Waals surface area (Å²) in [5.41, 5.74) is 2.76. The van der Waals surface area contributed by atoms with Crippen LogP contribution in [0.1, 0.15) is 0 Å². The molecule has 0 bridgehead atoms. The highest BCUT2D eigenvalue weighted by molar-refractivity contribution is 5.86. The molecule has 0 amide bonds. The molecule has 0 aliphatic heterocycles. The molecule has 3 heterocycles. The molecule has 0 N–H and O–H groups in total. The van der Waals surface area contributed by atoms with Crippen molar-refractivity contribution in [2.24, 2.45) is 0 Å². The Hall–Kier alpha value is -4.66. The zero-order valence-electron chi connectivity index (χ0n) is 17.8. The first-order chi connectivity index (χ1) is 16.5. The molecule has 0 saturated carbocycles. The van der Waals surface area contributed by atoms with Crippen LogP contribution >= 0.6 is 0 Å². The van der Waals surface area contributed by atoms with E-state index in [2.05, 4.69) is 15.1 Å². The van der Waals surface area contributed by atoms with Crippen LogP contribution in [-0.4, -0.2) is 26.7 Å². The number of pyridine rings is 1. The molecule has 0 aliphatic rings. The van der Waals surface area contributed by atoms with Crippen molar-refractivity contribution in [3.05, 3.63) is 101 Å². The number of nitrogens with zero attached hydrogens (tertiary/aromatic N) is 4. The number of aromatic nitrogens is 4. The van der Waals surface area contributed by atoms with Gasteiger partial charge in [0.15, 0.2) is 17.0 Å². The van der Waals surface area contributed by atoms with Gasteiger partial charge >= 0.3 is 0 Å². The minimum Gasteiger partial charge on any atom is -0.496 e. The molecule has 5 rings (SSSR count). The van der Waals surface area contributed by atoms with Gasteiger partial charge in [0.1, 0.15) is 17.9 Å². The first-order valence-electron chi connectivity index (χ1n) is 10.1. The second-order valence-corrected chi connectivity index (χ2v) is 7.28. The van der Waals surface area contributed by atoms with E-state index in [1.165, 1.54) is 42.3 Å². The number of fused-ring (bicyclic) bond motifs is 1. The van der Waals surface area contributed by atoms with Crippen molar-refractivity contribution in [3.8, 4) is 39.6 Å². The molecule has 0 saturated heterocycles. The molecule has 9 heteroatoms. The van der Waals surface area contributed by atoms with E-state index < -0.39 is 11.6 Å². The van der Waals surface area contributed by atoms with E-state index in [9.17, 15) is 13.6 Å². The number of ether oxygens (including phenoxy) is 2. The van der Waals surface area contributed by atoms with Crippen molar-refractivity contribution in [1.29, 1.82) is 0 Å². The van der Waals surface area contributed by atoms with Gasteiger partial charge in [-0.1, -0.05) is 6.07 Å². The maximum Gasteiger partial charge on any atom is 0.237 e. The molecule has 3 aromatic heterocycles. The Morgan fingerprint density at radius 3 is 2.44 bits per heavy atom. The first-order valence-corrected chi connectivity index (χ1v) is 10.1. The van der Waals surface area contributed by atoms with Gasteiger partial charge in [0.25, 0.3) is 0 Å². The van der Waals surface area contributed by atoms with Crippen molar-refractivity contribution in [3.63, 3.8) is 0 Å². The second-order valence-electron chi connectivity index (χ2n) is 7.28. The average molecular weight is 458 g/mol. The summed E-state index contributed by atoms with van der Waals surface area (Å²) in [5.74, 6) is -1.17. The van der Waals surface area contributed by atoms with E-state index in [0.717, 1.165) is 23.3 Å². The highest BCUT2D eigenvalue weighted by atomic mass is 19.1. The number of hydrogen-bond donors (Lipinski definition) is 0. The van der Waals surface area contributed by atoms with Crippen LogP contribution < -0.4 is 14.9 Å². The van der Waals surface area contributed by atoms with Crippen LogP contribution in [0.2, 0.25) is 0 Å². The molecular formula is C25H16F2N4O3. The molecule has 168 valence electrons. The molecular weight excluding hydrogens is 442 g/mol. The number of hydrogen-bond acceptors (Lipinski definition) is 6. The van der Waals surface area contributed by atoms with Crippen LogP contribution in [0.25, 0.3) is 27.8 Å². The summed E-state index contributed by atoms with van der Waals surface area (Å²) in [6.07, 6.45) is 6.27. The van der Waals surface area contributed by atoms with E-state index in [1.807, 2.05) is 12.1 Å². The van der Waals surface area contributed by atoms with Crippen molar-refractivity contribution in [1.82, 2.24) is 19.6 Å². The van der Waals surface area contributed by atoms with Gasteiger partial charge in [-0.15, -0.1) is 5.10 Å². The van der Waals surface area contributed by atoms with E-state index in [1.54, 1.807) is 24.5 Å². The van der Waals surface area contributed by atoms with Crippen LogP contribution in [-0.2, 0) is 0 Å². The van der Waals surface area contributed by atoms with Crippen molar-refractivity contribution in [2.45, 2.75) is 0 Å². The summed E-state index contributed by atoms with van der Waals surface area (Å²) in [5, 5.41) is 4.33. The summed E-state index contributed by atoms with van der Waals surface area (Å²) in [6.45, 7) is 0. The third-order valence-corrected chi connectivity index (χ3v) is 5.18. The normalized spacial score (nSPS) is 10.9. The lowest BCUT2D eigenvalue weighted by Crippen LogP contribution is -2.10. The van der Waals surface area contributed by atoms with Gasteiger partial charge < -0.3 is 9.47 Å². The summed E-state index contributed by atoms with van der Waals surface area (Å²) in [7, 11) is 1.52. The summed E-state index contributed by atoms with van der Waals surface area (Å²) in [4.78, 5) is 21.1. The smallest absolute Gasteiger partial charge is 0.237 e. The summed E-state index contributed by atoms with van der Waals surface area (Å²) < 4.78 is 39.6. The Morgan fingerprint density at radius 1 is 0.882 bits per heavy atom. The molecule has 7 nitrogen and oxygen atoms in total. The third-order valence-electron chi connectivity index (χ3n) is 5.18. The van der Waals surface area contributed by atoms with Gasteiger partial charge in [0.2, 0.25) is 5.88 Å². The van der Waals surface area contributed by atoms with Gasteiger partial charge in [-0.25, -0.2) is 23.3 Å². The molecule has 0 fully saturated rings. The van der Waals surface area contributed by atoms with Crippen LogP contribution in [0, 0.1) is 11.6 Å². The van der Waals surface area contributed by atoms with Crippen molar-refractivity contribution < 1.29 is 18.3 Å². The van der Waals surface area contributed by atoms with Gasteiger partial charge in [-0.3, -0.25) is 4.79 Å². The Kier molecular flexibility index (Phi) is 5.43. The fourth-order valence-corrected chi connectivity index (χ4v) is 3.61. The molecule has 0 atom stereocenters. The summed E-state index contributed by atoms with van der Waals surface area (Å²) in [6, 6.07) is 12.9. The van der Waals surface area contributed by atoms with Crippen molar-refractivity contribution >= 4 is 5.52 Å². The highest BCUT2D eigenvalue weighted by Gasteiger charge is 2.16. The maximum absolute atomic E-state index is 14.0. The minimum atomic E-state index is -0.853. The van der Waals surface area contributed by atoms with E-state index in [4.69, 9.17) is 9.47 Å². The second kappa shape index (κ2) is 8.70. The first kappa shape index (κ1) is 21.2. The van der Waals surface area contributed by atoms with Crippen molar-refractivity contribution in [2.75, 3.05) is 7.11 Å². The van der Waals surface area contributed by atoms with Crippen LogP contribution in [0.4, 0.5) is 8.78 Å². The fraction of sp³-hybridized carbons (Fsp3) is 0.0400. The predicted molar refractivity (Wildman–Crippen MR) is 121 cm³/mol. The molecule has 0 aliphatic carbocycles. The Morgan fingerprint density at radius 2 is 1.68 bits per heavy atom. The molecule has 5 aromatic rings. The van der Waals surface area contributed by atoms with Gasteiger partial charge in [0, 0.05) is 47.9 Å². The molecule has 0 unspecified atom stereocenters. The lowest BCUT2D eigenvalue weighted by molar-refractivity contribution is 0.416.